The molecule has 30 heavy (non-hydrogen) atoms. The van der Waals surface area contributed by atoms with Crippen molar-refractivity contribution in [3.8, 4) is 0 Å². The quantitative estimate of drug-likeness (QED) is 0.731. The molecule has 1 aliphatic rings. The van der Waals surface area contributed by atoms with Gasteiger partial charge < -0.3 is 19.9 Å². The lowest BCUT2D eigenvalue weighted by molar-refractivity contribution is -0.119. The summed E-state index contributed by atoms with van der Waals surface area (Å²) in [5.74, 6) is -0.875. The third kappa shape index (κ3) is 5.98. The first-order chi connectivity index (χ1) is 14.1. The lowest BCUT2D eigenvalue weighted by Crippen LogP contribution is -2.38. The summed E-state index contributed by atoms with van der Waals surface area (Å²) in [6.45, 7) is 5.41. The highest BCUT2D eigenvalue weighted by Crippen LogP contribution is 2.34. The van der Waals surface area contributed by atoms with Crippen LogP contribution in [0, 0.1) is 11.7 Å². The third-order valence-electron chi connectivity index (χ3n) is 4.70. The first-order valence-corrected chi connectivity index (χ1v) is 10.7. The van der Waals surface area contributed by atoms with Gasteiger partial charge in [-0.3, -0.25) is 4.79 Å². The Bertz CT molecular complexity index is 925. The van der Waals surface area contributed by atoms with E-state index in [9.17, 15) is 14.0 Å². The molecule has 0 saturated heterocycles. The van der Waals surface area contributed by atoms with Crippen molar-refractivity contribution in [2.45, 2.75) is 61.7 Å². The highest BCUT2D eigenvalue weighted by molar-refractivity contribution is 7.99. The van der Waals surface area contributed by atoms with E-state index in [0.717, 1.165) is 5.16 Å². The maximum atomic E-state index is 13.8. The van der Waals surface area contributed by atoms with E-state index >= 15 is 0 Å². The van der Waals surface area contributed by atoms with Crippen LogP contribution in [0.2, 0.25) is 0 Å². The molecule has 1 aromatic carbocycles. The minimum absolute atomic E-state index is 0.121. The molecule has 2 N–H and O–H groups in total. The van der Waals surface area contributed by atoms with Gasteiger partial charge in [0.05, 0.1) is 5.69 Å². The molecule has 0 radical (unpaired) electrons. The summed E-state index contributed by atoms with van der Waals surface area (Å²) in [4.78, 5) is 29.7. The molecule has 9 heteroatoms. The number of halogens is 1. The van der Waals surface area contributed by atoms with E-state index in [4.69, 9.17) is 4.74 Å². The van der Waals surface area contributed by atoms with Gasteiger partial charge in [-0.25, -0.2) is 14.2 Å². The Morgan fingerprint density at radius 2 is 2.07 bits per heavy atom. The summed E-state index contributed by atoms with van der Waals surface area (Å²) >= 11 is 1.35. The van der Waals surface area contributed by atoms with Gasteiger partial charge in [-0.15, -0.1) is 0 Å². The summed E-state index contributed by atoms with van der Waals surface area (Å²) in [5, 5.41) is 6.42. The van der Waals surface area contributed by atoms with Crippen LogP contribution in [0.1, 0.15) is 40.0 Å². The maximum absolute atomic E-state index is 13.8. The summed E-state index contributed by atoms with van der Waals surface area (Å²) in [5.41, 5.74) is -0.158. The van der Waals surface area contributed by atoms with E-state index in [-0.39, 0.29) is 17.9 Å². The standard InChI is InChI=1S/C21H27FN4O3S/c1-21(2,3)29-20(28)24-15-7-5-13(11-15)18(27)25-16-12-14(22)6-8-17(16)30-19-23-9-10-26(19)4/h6,8-10,12-13,15H,5,7,11H2,1-4H3,(H,24,28)(H,25,27)/t13-,15+/m1/s1. The molecule has 0 unspecified atom stereocenters. The molecule has 1 aliphatic carbocycles. The number of amides is 2. The fraction of sp³-hybridized carbons (Fsp3) is 0.476. The van der Waals surface area contributed by atoms with Crippen LogP contribution in [0.3, 0.4) is 0 Å². The van der Waals surface area contributed by atoms with Gasteiger partial charge in [0.2, 0.25) is 5.91 Å². The van der Waals surface area contributed by atoms with E-state index in [1.54, 1.807) is 33.0 Å². The summed E-state index contributed by atoms with van der Waals surface area (Å²) in [6.07, 6.45) is 4.87. The number of hydrogen-bond donors (Lipinski definition) is 2. The number of ether oxygens (including phenoxy) is 1. The molecule has 162 valence electrons. The lowest BCUT2D eigenvalue weighted by atomic mass is 10.1. The molecule has 3 rings (SSSR count). The second-order valence-electron chi connectivity index (χ2n) is 8.41. The van der Waals surface area contributed by atoms with Crippen molar-refractivity contribution in [2.24, 2.45) is 13.0 Å². The number of carbonyl (C=O) groups is 2. The van der Waals surface area contributed by atoms with Crippen LogP contribution in [0.4, 0.5) is 14.9 Å². The van der Waals surface area contributed by atoms with E-state index in [0.29, 0.717) is 29.8 Å². The van der Waals surface area contributed by atoms with Gasteiger partial charge in [0.15, 0.2) is 5.16 Å². The Hall–Kier alpha value is -2.55. The second-order valence-corrected chi connectivity index (χ2v) is 9.41. The SMILES string of the molecule is Cn1ccnc1Sc1ccc(F)cc1NC(=O)[C@@H]1CC[C@H](NC(=O)OC(C)(C)C)C1. The molecule has 0 bridgehead atoms. The van der Waals surface area contributed by atoms with Gasteiger partial charge in [0.25, 0.3) is 0 Å². The third-order valence-corrected chi connectivity index (χ3v) is 5.85. The molecule has 1 heterocycles. The van der Waals surface area contributed by atoms with Crippen molar-refractivity contribution in [1.29, 1.82) is 0 Å². The van der Waals surface area contributed by atoms with Crippen molar-refractivity contribution in [2.75, 3.05) is 5.32 Å². The Morgan fingerprint density at radius 3 is 2.73 bits per heavy atom. The van der Waals surface area contributed by atoms with Crippen molar-refractivity contribution >= 4 is 29.4 Å². The van der Waals surface area contributed by atoms with Crippen molar-refractivity contribution in [3.05, 3.63) is 36.4 Å². The topological polar surface area (TPSA) is 85.3 Å². The van der Waals surface area contributed by atoms with Crippen LogP contribution < -0.4 is 10.6 Å². The Labute approximate surface area is 179 Å². The van der Waals surface area contributed by atoms with Gasteiger partial charge in [0, 0.05) is 36.3 Å². The first kappa shape index (κ1) is 22.1. The van der Waals surface area contributed by atoms with E-state index in [1.807, 2.05) is 17.8 Å². The number of hydrogen-bond acceptors (Lipinski definition) is 5. The van der Waals surface area contributed by atoms with Crippen LogP contribution in [0.15, 0.2) is 40.6 Å². The number of nitrogens with zero attached hydrogens (tertiary/aromatic N) is 2. The van der Waals surface area contributed by atoms with Crippen LogP contribution in [-0.2, 0) is 16.6 Å². The van der Waals surface area contributed by atoms with E-state index in [1.165, 1.54) is 23.9 Å². The number of anilines is 1. The predicted octanol–water partition coefficient (Wildman–Crippen LogP) is 4.34. The minimum Gasteiger partial charge on any atom is -0.444 e. The second kappa shape index (κ2) is 9.07. The van der Waals surface area contributed by atoms with Crippen molar-refractivity contribution in [3.63, 3.8) is 0 Å². The lowest BCUT2D eigenvalue weighted by Gasteiger charge is -2.21. The molecule has 2 aromatic rings. The van der Waals surface area contributed by atoms with Gasteiger partial charge in [-0.2, -0.15) is 0 Å². The molecule has 7 nitrogen and oxygen atoms in total. The Kier molecular flexibility index (Phi) is 6.70. The molecule has 1 aromatic heterocycles. The van der Waals surface area contributed by atoms with Gasteiger partial charge in [-0.05, 0) is 70.0 Å². The zero-order valence-corrected chi connectivity index (χ0v) is 18.4. The molecular formula is C21H27FN4O3S. The normalized spacial score (nSPS) is 18.8. The average Bonchev–Trinajstić information content (AvgIpc) is 3.25. The zero-order chi connectivity index (χ0) is 21.9. The van der Waals surface area contributed by atoms with Crippen molar-refractivity contribution < 1.29 is 18.7 Å². The van der Waals surface area contributed by atoms with E-state index in [2.05, 4.69) is 15.6 Å². The van der Waals surface area contributed by atoms with E-state index < -0.39 is 17.5 Å². The largest absolute Gasteiger partial charge is 0.444 e. The predicted molar refractivity (Wildman–Crippen MR) is 113 cm³/mol. The molecule has 2 amide bonds. The number of carbonyl (C=O) groups excluding carboxylic acids is 2. The first-order valence-electron chi connectivity index (χ1n) is 9.86. The molecule has 2 atom stereocenters. The van der Waals surface area contributed by atoms with Crippen LogP contribution in [0.25, 0.3) is 0 Å². The number of aromatic nitrogens is 2. The van der Waals surface area contributed by atoms with Crippen molar-refractivity contribution in [1.82, 2.24) is 14.9 Å². The van der Waals surface area contributed by atoms with Gasteiger partial charge in [0.1, 0.15) is 11.4 Å². The monoisotopic (exact) mass is 434 g/mol. The molecule has 0 spiro atoms. The number of rotatable bonds is 5. The molecular weight excluding hydrogens is 407 g/mol. The summed E-state index contributed by atoms with van der Waals surface area (Å²) < 4.78 is 21.0. The highest BCUT2D eigenvalue weighted by atomic mass is 32.2. The number of benzene rings is 1. The maximum Gasteiger partial charge on any atom is 0.407 e. The van der Waals surface area contributed by atoms with Gasteiger partial charge in [-0.1, -0.05) is 0 Å². The number of nitrogens with one attached hydrogen (secondary N) is 2. The molecule has 1 saturated carbocycles. The molecule has 0 aliphatic heterocycles. The summed E-state index contributed by atoms with van der Waals surface area (Å²) in [6, 6.07) is 4.18. The summed E-state index contributed by atoms with van der Waals surface area (Å²) in [7, 11) is 1.87. The highest BCUT2D eigenvalue weighted by Gasteiger charge is 2.32. The average molecular weight is 435 g/mol. The number of alkyl carbamates (subject to hydrolysis) is 1. The smallest absolute Gasteiger partial charge is 0.407 e. The van der Waals surface area contributed by atoms with Gasteiger partial charge >= 0.3 is 6.09 Å². The fourth-order valence-electron chi connectivity index (χ4n) is 3.30. The Balaban J connectivity index is 1.62. The Morgan fingerprint density at radius 1 is 1.30 bits per heavy atom. The van der Waals surface area contributed by atoms with Crippen LogP contribution >= 0.6 is 11.8 Å². The number of aryl methyl sites for hydroxylation is 1. The molecule has 1 fully saturated rings. The zero-order valence-electron chi connectivity index (χ0n) is 17.6. The minimum atomic E-state index is -0.571. The number of imidazole rings is 1. The van der Waals surface area contributed by atoms with Crippen LogP contribution in [-0.4, -0.2) is 33.2 Å². The van der Waals surface area contributed by atoms with Crippen LogP contribution in [0.5, 0.6) is 0 Å². The fourth-order valence-corrected chi connectivity index (χ4v) is 4.17.